The van der Waals surface area contributed by atoms with E-state index in [9.17, 15) is 18.4 Å². The van der Waals surface area contributed by atoms with Gasteiger partial charge in [-0.3, -0.25) is 14.5 Å². The smallest absolute Gasteiger partial charge is 0.387 e. The Morgan fingerprint density at radius 2 is 1.96 bits per heavy atom. The summed E-state index contributed by atoms with van der Waals surface area (Å²) in [6, 6.07) is 5.30. The molecule has 0 spiro atoms. The van der Waals surface area contributed by atoms with Gasteiger partial charge in [0.15, 0.2) is 0 Å². The average Bonchev–Trinajstić information content (AvgIpc) is 3.18. The number of nitrogens with one attached hydrogen (secondary N) is 2. The summed E-state index contributed by atoms with van der Waals surface area (Å²) < 4.78 is 29.7. The van der Waals surface area contributed by atoms with Crippen LogP contribution in [-0.4, -0.2) is 80.1 Å². The van der Waals surface area contributed by atoms with Crippen LogP contribution >= 0.6 is 0 Å². The number of alkyl halides is 2. The average molecular weight is 396 g/mol. The summed E-state index contributed by atoms with van der Waals surface area (Å²) in [5.41, 5.74) is 0.0447. The molecule has 2 amide bonds. The molecule has 9 heteroatoms. The van der Waals surface area contributed by atoms with Crippen LogP contribution in [0.1, 0.15) is 23.2 Å². The van der Waals surface area contributed by atoms with E-state index >= 15 is 0 Å². The maximum Gasteiger partial charge on any atom is 0.387 e. The van der Waals surface area contributed by atoms with Crippen molar-refractivity contribution < 1.29 is 23.1 Å². The van der Waals surface area contributed by atoms with Crippen molar-refractivity contribution in [3.63, 3.8) is 0 Å². The lowest BCUT2D eigenvalue weighted by Crippen LogP contribution is -2.49. The third kappa shape index (κ3) is 5.17. The first kappa shape index (κ1) is 20.5. The third-order valence-electron chi connectivity index (χ3n) is 5.09. The van der Waals surface area contributed by atoms with Gasteiger partial charge in [-0.1, -0.05) is 12.1 Å². The van der Waals surface area contributed by atoms with E-state index in [0.717, 1.165) is 32.7 Å². The van der Waals surface area contributed by atoms with Crippen molar-refractivity contribution in [3.8, 4) is 5.75 Å². The van der Waals surface area contributed by atoms with Crippen LogP contribution < -0.4 is 15.4 Å². The van der Waals surface area contributed by atoms with E-state index in [1.54, 1.807) is 6.07 Å². The highest BCUT2D eigenvalue weighted by Gasteiger charge is 2.35. The summed E-state index contributed by atoms with van der Waals surface area (Å²) in [4.78, 5) is 29.2. The van der Waals surface area contributed by atoms with Gasteiger partial charge < -0.3 is 20.3 Å². The Morgan fingerprint density at radius 3 is 2.71 bits per heavy atom. The third-order valence-corrected chi connectivity index (χ3v) is 5.09. The zero-order valence-corrected chi connectivity index (χ0v) is 15.7. The SMILES string of the molecule is O=C(NCCN1CCNCC1)C1CCCN1C(=O)c1ccccc1OC(F)F. The molecule has 1 unspecified atom stereocenters. The first-order valence-electron chi connectivity index (χ1n) is 9.62. The lowest BCUT2D eigenvalue weighted by molar-refractivity contribution is -0.124. The first-order chi connectivity index (χ1) is 13.6. The minimum Gasteiger partial charge on any atom is -0.434 e. The summed E-state index contributed by atoms with van der Waals surface area (Å²) in [5, 5.41) is 6.19. The Bertz CT molecular complexity index is 683. The van der Waals surface area contributed by atoms with Gasteiger partial charge >= 0.3 is 6.61 Å². The van der Waals surface area contributed by atoms with Crippen LogP contribution in [0.25, 0.3) is 0 Å². The number of para-hydroxylation sites is 1. The number of carbonyl (C=O) groups is 2. The van der Waals surface area contributed by atoms with Crippen molar-refractivity contribution in [1.29, 1.82) is 0 Å². The number of benzene rings is 1. The molecule has 2 aliphatic heterocycles. The van der Waals surface area contributed by atoms with E-state index in [-0.39, 0.29) is 17.2 Å². The number of piperazine rings is 1. The Kier molecular flexibility index (Phi) is 7.16. The molecule has 3 rings (SSSR count). The normalized spacial score (nSPS) is 20.4. The Hall–Kier alpha value is -2.26. The van der Waals surface area contributed by atoms with Gasteiger partial charge in [-0.05, 0) is 25.0 Å². The number of halogens is 2. The van der Waals surface area contributed by atoms with Crippen molar-refractivity contribution in [1.82, 2.24) is 20.4 Å². The molecule has 0 radical (unpaired) electrons. The fraction of sp³-hybridized carbons (Fsp3) is 0.579. The highest BCUT2D eigenvalue weighted by atomic mass is 19.3. The zero-order valence-electron chi connectivity index (χ0n) is 15.7. The molecule has 0 aliphatic carbocycles. The van der Waals surface area contributed by atoms with Gasteiger partial charge in [-0.2, -0.15) is 8.78 Å². The summed E-state index contributed by atoms with van der Waals surface area (Å²) in [6.45, 7) is 2.46. The fourth-order valence-corrected chi connectivity index (χ4v) is 3.67. The fourth-order valence-electron chi connectivity index (χ4n) is 3.67. The number of likely N-dealkylation sites (tertiary alicyclic amines) is 1. The molecular formula is C19H26F2N4O3. The summed E-state index contributed by atoms with van der Waals surface area (Å²) in [7, 11) is 0. The second-order valence-electron chi connectivity index (χ2n) is 6.91. The molecule has 2 aliphatic rings. The molecule has 2 heterocycles. The summed E-state index contributed by atoms with van der Waals surface area (Å²) in [5.74, 6) is -0.837. The van der Waals surface area contributed by atoms with Gasteiger partial charge in [-0.25, -0.2) is 0 Å². The number of hydrogen-bond donors (Lipinski definition) is 2. The molecule has 0 saturated carbocycles. The van der Waals surface area contributed by atoms with Crippen molar-refractivity contribution in [2.24, 2.45) is 0 Å². The van der Waals surface area contributed by atoms with E-state index in [1.165, 1.54) is 23.1 Å². The molecule has 7 nitrogen and oxygen atoms in total. The number of amides is 2. The molecule has 1 aromatic carbocycles. The van der Waals surface area contributed by atoms with Crippen molar-refractivity contribution in [2.75, 3.05) is 45.8 Å². The maximum absolute atomic E-state index is 12.9. The standard InChI is InChI=1S/C19H26F2N4O3/c20-19(21)28-16-6-2-1-4-14(16)18(27)25-10-3-5-15(25)17(26)23-9-13-24-11-7-22-8-12-24/h1-2,4,6,15,19,22H,3,5,7-13H2,(H,23,26). The van der Waals surface area contributed by atoms with Crippen LogP contribution in [0.2, 0.25) is 0 Å². The molecule has 0 aromatic heterocycles. The maximum atomic E-state index is 12.9. The second kappa shape index (κ2) is 9.79. The minimum atomic E-state index is -3.02. The van der Waals surface area contributed by atoms with Crippen molar-refractivity contribution in [3.05, 3.63) is 29.8 Å². The van der Waals surface area contributed by atoms with Crippen LogP contribution in [0.15, 0.2) is 24.3 Å². The largest absolute Gasteiger partial charge is 0.434 e. The monoisotopic (exact) mass is 396 g/mol. The molecule has 154 valence electrons. The number of carbonyl (C=O) groups excluding carboxylic acids is 2. The lowest BCUT2D eigenvalue weighted by Gasteiger charge is -2.28. The summed E-state index contributed by atoms with van der Waals surface area (Å²) >= 11 is 0. The molecule has 2 saturated heterocycles. The molecule has 1 aromatic rings. The van der Waals surface area contributed by atoms with Gasteiger partial charge in [0, 0.05) is 45.8 Å². The first-order valence-corrected chi connectivity index (χ1v) is 9.62. The number of nitrogens with zero attached hydrogens (tertiary/aromatic N) is 2. The van der Waals surface area contributed by atoms with Crippen LogP contribution in [0.3, 0.4) is 0 Å². The minimum absolute atomic E-state index is 0.0447. The Balaban J connectivity index is 1.59. The molecule has 2 fully saturated rings. The molecule has 2 N–H and O–H groups in total. The Labute approximate surface area is 163 Å². The number of rotatable bonds is 7. The van der Waals surface area contributed by atoms with Crippen molar-refractivity contribution >= 4 is 11.8 Å². The summed E-state index contributed by atoms with van der Waals surface area (Å²) in [6.07, 6.45) is 1.25. The molecule has 1 atom stereocenters. The quantitative estimate of drug-likeness (QED) is 0.717. The van der Waals surface area contributed by atoms with Crippen LogP contribution in [-0.2, 0) is 4.79 Å². The second-order valence-corrected chi connectivity index (χ2v) is 6.91. The van der Waals surface area contributed by atoms with Crippen LogP contribution in [0, 0.1) is 0 Å². The van der Waals surface area contributed by atoms with E-state index in [0.29, 0.717) is 25.9 Å². The zero-order chi connectivity index (χ0) is 19.9. The number of hydrogen-bond acceptors (Lipinski definition) is 5. The van der Waals surface area contributed by atoms with Gasteiger partial charge in [0.1, 0.15) is 11.8 Å². The predicted molar refractivity (Wildman–Crippen MR) is 99.5 cm³/mol. The van der Waals surface area contributed by atoms with Gasteiger partial charge in [0.25, 0.3) is 5.91 Å². The van der Waals surface area contributed by atoms with Crippen LogP contribution in [0.4, 0.5) is 8.78 Å². The van der Waals surface area contributed by atoms with E-state index in [2.05, 4.69) is 20.3 Å². The van der Waals surface area contributed by atoms with Crippen LogP contribution in [0.5, 0.6) is 5.75 Å². The molecule has 0 bridgehead atoms. The predicted octanol–water partition coefficient (Wildman–Crippen LogP) is 0.914. The van der Waals surface area contributed by atoms with Crippen molar-refractivity contribution in [2.45, 2.75) is 25.5 Å². The van der Waals surface area contributed by atoms with E-state index in [4.69, 9.17) is 0 Å². The molecule has 28 heavy (non-hydrogen) atoms. The van der Waals surface area contributed by atoms with E-state index < -0.39 is 18.6 Å². The molecular weight excluding hydrogens is 370 g/mol. The van der Waals surface area contributed by atoms with Gasteiger partial charge in [0.05, 0.1) is 5.56 Å². The highest BCUT2D eigenvalue weighted by Crippen LogP contribution is 2.26. The Morgan fingerprint density at radius 1 is 1.21 bits per heavy atom. The number of ether oxygens (including phenoxy) is 1. The highest BCUT2D eigenvalue weighted by molar-refractivity contribution is 6.00. The van der Waals surface area contributed by atoms with Gasteiger partial charge in [0.2, 0.25) is 5.91 Å². The lowest BCUT2D eigenvalue weighted by atomic mass is 10.1. The van der Waals surface area contributed by atoms with Gasteiger partial charge in [-0.15, -0.1) is 0 Å². The topological polar surface area (TPSA) is 73.9 Å². The van der Waals surface area contributed by atoms with E-state index in [1.807, 2.05) is 0 Å².